The molecular weight excluding hydrogens is 815 g/mol. The van der Waals surface area contributed by atoms with E-state index in [0.29, 0.717) is 28.2 Å². The normalized spacial score (nSPS) is 24.8. The third-order valence-corrected chi connectivity index (χ3v) is 12.8. The molecule has 0 amide bonds. The second-order valence-corrected chi connectivity index (χ2v) is 18.8. The van der Waals surface area contributed by atoms with Gasteiger partial charge >= 0.3 is 24.4 Å². The van der Waals surface area contributed by atoms with Crippen molar-refractivity contribution in [2.24, 2.45) is 5.92 Å². The van der Waals surface area contributed by atoms with Crippen molar-refractivity contribution in [3.8, 4) is 0 Å². The van der Waals surface area contributed by atoms with Crippen LogP contribution in [-0.4, -0.2) is 109 Å². The number of imidazole rings is 1. The van der Waals surface area contributed by atoms with Crippen LogP contribution < -0.4 is 17.0 Å². The molecule has 2 fully saturated rings. The number of fused-ring (bicyclic) bond motifs is 1. The van der Waals surface area contributed by atoms with Crippen LogP contribution in [0.1, 0.15) is 51.6 Å². The molecule has 5 N–H and O–H groups in total. The zero-order valence-corrected chi connectivity index (χ0v) is 34.4. The highest BCUT2D eigenvalue weighted by atomic mass is 32.7. The summed E-state index contributed by atoms with van der Waals surface area (Å²) in [5, 5.41) is 21.4. The Morgan fingerprint density at radius 2 is 1.85 bits per heavy atom. The molecule has 0 radical (unpaired) electrons. The molecule has 0 bridgehead atoms. The van der Waals surface area contributed by atoms with Gasteiger partial charge in [0.2, 0.25) is 0 Å². The molecule has 9 atom stereocenters. The van der Waals surface area contributed by atoms with Gasteiger partial charge in [-0.05, 0) is 38.8 Å². The Morgan fingerprint density at radius 3 is 2.54 bits per heavy atom. The lowest BCUT2D eigenvalue weighted by atomic mass is 9.96. The van der Waals surface area contributed by atoms with Crippen LogP contribution in [0.5, 0.6) is 0 Å². The molecule has 320 valence electrons. The molecule has 2 saturated heterocycles. The summed E-state index contributed by atoms with van der Waals surface area (Å²) in [6, 6.07) is 11.7. The van der Waals surface area contributed by atoms with Gasteiger partial charge in [0.15, 0.2) is 11.9 Å². The Bertz CT molecular complexity index is 2250. The fourth-order valence-corrected chi connectivity index (χ4v) is 9.49. The fourth-order valence-electron chi connectivity index (χ4n) is 6.69. The number of aliphatic hydroxyl groups is 2. The maximum Gasteiger partial charge on any atom is 0.392 e. The number of hydrogen-bond acceptors (Lipinski definition) is 18. The molecule has 0 aliphatic carbocycles. The number of H-pyrrole nitrogens is 1. The summed E-state index contributed by atoms with van der Waals surface area (Å²) in [4.78, 5) is 61.7. The van der Waals surface area contributed by atoms with Gasteiger partial charge in [-0.1, -0.05) is 30.3 Å². The lowest BCUT2D eigenvalue weighted by molar-refractivity contribution is -0.160. The summed E-state index contributed by atoms with van der Waals surface area (Å²) >= 11 is 0.472. The van der Waals surface area contributed by atoms with Gasteiger partial charge in [-0.3, -0.25) is 37.5 Å². The predicted molar refractivity (Wildman–Crippen MR) is 211 cm³/mol. The van der Waals surface area contributed by atoms with E-state index in [0.717, 1.165) is 16.2 Å². The Hall–Kier alpha value is -4.44. The summed E-state index contributed by atoms with van der Waals surface area (Å²) in [7, 11) is 1.28. The van der Waals surface area contributed by atoms with Gasteiger partial charge in [-0.25, -0.2) is 19.3 Å². The number of carbonyl (C=O) groups excluding carboxylic acids is 2. The first kappa shape index (κ1) is 44.1. The number of benzene rings is 1. The molecule has 1 aromatic carbocycles. The minimum absolute atomic E-state index is 0.0801. The molecule has 22 heteroatoms. The summed E-state index contributed by atoms with van der Waals surface area (Å²) < 4.78 is 58.1. The molecule has 20 nitrogen and oxygen atoms in total. The molecule has 4 aromatic rings. The van der Waals surface area contributed by atoms with Crippen LogP contribution in [0.4, 0.5) is 5.69 Å². The SMILES string of the molecule is CO[C@H]1C(OP(=O)(OC[C@H]2O[C@@H](n3cnc4c(N)ccnc43)CC2O)SCOC(=O)C(CC(=O)OC(C)(C)C)Cc2ccccc2)[C@@H](CO)O[C@H]1n1ccc(=O)[nH]c1=O. The number of nitrogens with two attached hydrogens (primary N) is 1. The number of aromatic nitrogens is 5. The lowest BCUT2D eigenvalue weighted by Crippen LogP contribution is -2.39. The van der Waals surface area contributed by atoms with Crippen LogP contribution in [0.3, 0.4) is 0 Å². The van der Waals surface area contributed by atoms with Crippen LogP contribution in [0.2, 0.25) is 0 Å². The van der Waals surface area contributed by atoms with E-state index in [2.05, 4.69) is 15.0 Å². The van der Waals surface area contributed by atoms with E-state index in [1.165, 1.54) is 25.8 Å². The van der Waals surface area contributed by atoms with Gasteiger partial charge in [0.1, 0.15) is 47.7 Å². The standard InChI is InChI=1S/C37H47N6O14PS/c1-37(2,3)56-29(47)15-22(14-21-8-6-5-7-9-21)35(48)52-20-59-58(50,57-31-25(17-44)55-34(32(31)51-4)42-13-11-27(46)41-36(42)49)53-18-26-24(45)16-28(54-26)43-19-40-30-23(38)10-12-39-33(30)43/h5-13,19,22,24-26,28,31-32,34,44-45H,14-18,20H2,1-4H3,(H2,38,39)(H,41,46,49)/t22?,24?,25-,26-,28-,31?,32+,34-,58?/m1/s1. The summed E-state index contributed by atoms with van der Waals surface area (Å²) in [5.74, 6) is -2.98. The lowest BCUT2D eigenvalue weighted by Gasteiger charge is -2.28. The fraction of sp³-hybridized carbons (Fsp3) is 0.514. The molecule has 5 heterocycles. The predicted octanol–water partition coefficient (Wildman–Crippen LogP) is 2.45. The van der Waals surface area contributed by atoms with E-state index < -0.39 is 104 Å². The van der Waals surface area contributed by atoms with Crippen LogP contribution in [-0.2, 0) is 53.3 Å². The van der Waals surface area contributed by atoms with Crippen molar-refractivity contribution in [1.29, 1.82) is 0 Å². The van der Waals surface area contributed by atoms with Gasteiger partial charge in [0, 0.05) is 43.4 Å². The van der Waals surface area contributed by atoms with Crippen molar-refractivity contribution in [3.05, 3.63) is 87.6 Å². The third-order valence-electron chi connectivity index (χ3n) is 9.42. The zero-order valence-electron chi connectivity index (χ0n) is 32.7. The smallest absolute Gasteiger partial charge is 0.392 e. The molecular formula is C37H47N6O14PS. The highest BCUT2D eigenvalue weighted by Crippen LogP contribution is 2.63. The Kier molecular flexibility index (Phi) is 14.1. The highest BCUT2D eigenvalue weighted by molar-refractivity contribution is 8.55. The Labute approximate surface area is 341 Å². The number of nitrogens with zero attached hydrogens (tertiary/aromatic N) is 4. The quantitative estimate of drug-likeness (QED) is 0.0674. The van der Waals surface area contributed by atoms with Crippen LogP contribution in [0, 0.1) is 5.92 Å². The number of anilines is 1. The molecule has 2 aliphatic rings. The molecule has 0 saturated carbocycles. The minimum Gasteiger partial charge on any atom is -0.460 e. The first-order chi connectivity index (χ1) is 28.1. The first-order valence-electron chi connectivity index (χ1n) is 18.6. The van der Waals surface area contributed by atoms with Crippen LogP contribution in [0.25, 0.3) is 11.2 Å². The van der Waals surface area contributed by atoms with E-state index >= 15 is 0 Å². The molecule has 0 spiro atoms. The van der Waals surface area contributed by atoms with Gasteiger partial charge in [-0.2, -0.15) is 0 Å². The van der Waals surface area contributed by atoms with Crippen molar-refractivity contribution in [2.45, 2.75) is 88.6 Å². The average molecular weight is 863 g/mol. The van der Waals surface area contributed by atoms with Gasteiger partial charge in [0.25, 0.3) is 5.56 Å². The minimum atomic E-state index is -4.53. The van der Waals surface area contributed by atoms with Gasteiger partial charge < -0.3 is 39.6 Å². The van der Waals surface area contributed by atoms with Crippen molar-refractivity contribution in [3.63, 3.8) is 0 Å². The summed E-state index contributed by atoms with van der Waals surface area (Å²) in [5.41, 5.74) is 5.77. The number of aliphatic hydroxyl groups excluding tert-OH is 2. The van der Waals surface area contributed by atoms with Crippen LogP contribution in [0.15, 0.2) is 70.8 Å². The molecule has 3 aromatic heterocycles. The van der Waals surface area contributed by atoms with Crippen molar-refractivity contribution >= 4 is 47.0 Å². The van der Waals surface area contributed by atoms with E-state index in [-0.39, 0.29) is 19.3 Å². The summed E-state index contributed by atoms with van der Waals surface area (Å²) in [6.45, 7) is -0.588. The molecule has 4 unspecified atom stereocenters. The zero-order chi connectivity index (χ0) is 42.5. The average Bonchev–Trinajstić information content (AvgIpc) is 3.88. The Morgan fingerprint density at radius 1 is 1.08 bits per heavy atom. The Balaban J connectivity index is 1.21. The monoisotopic (exact) mass is 862 g/mol. The van der Waals surface area contributed by atoms with Gasteiger partial charge in [-0.15, -0.1) is 0 Å². The third kappa shape index (κ3) is 10.8. The second-order valence-electron chi connectivity index (χ2n) is 14.8. The number of rotatable bonds is 17. The second kappa shape index (κ2) is 18.9. The number of nitrogen functional groups attached to an aromatic ring is 1. The number of aromatic amines is 1. The van der Waals surface area contributed by atoms with E-state index in [9.17, 15) is 34.0 Å². The van der Waals surface area contributed by atoms with Gasteiger partial charge in [0.05, 0.1) is 43.7 Å². The van der Waals surface area contributed by atoms with E-state index in [4.69, 9.17) is 38.5 Å². The van der Waals surface area contributed by atoms with Crippen molar-refractivity contribution < 1.29 is 57.1 Å². The van der Waals surface area contributed by atoms with Crippen molar-refractivity contribution in [1.82, 2.24) is 24.1 Å². The number of esters is 2. The van der Waals surface area contributed by atoms with Crippen LogP contribution >= 0.6 is 18.2 Å². The number of pyridine rings is 1. The number of ether oxygens (including phenoxy) is 5. The van der Waals surface area contributed by atoms with E-state index in [1.807, 2.05) is 6.07 Å². The largest absolute Gasteiger partial charge is 0.460 e. The highest BCUT2D eigenvalue weighted by Gasteiger charge is 2.51. The van der Waals surface area contributed by atoms with E-state index in [1.54, 1.807) is 55.7 Å². The number of hydrogen-bond donors (Lipinski definition) is 4. The maximum atomic E-state index is 14.8. The number of nitrogens with one attached hydrogen (secondary N) is 1. The maximum absolute atomic E-state index is 14.8. The molecule has 6 rings (SSSR count). The number of methoxy groups -OCH3 is 1. The van der Waals surface area contributed by atoms with Crippen molar-refractivity contribution in [2.75, 3.05) is 32.0 Å². The number of carbonyl (C=O) groups is 2. The topological polar surface area (TPSA) is 268 Å². The first-order valence-corrected chi connectivity index (χ1v) is 21.7. The molecule has 59 heavy (non-hydrogen) atoms. The molecule has 2 aliphatic heterocycles. The summed E-state index contributed by atoms with van der Waals surface area (Å²) in [6.07, 6.45) is -3.91.